The second kappa shape index (κ2) is 7.61. The van der Waals surface area contributed by atoms with Crippen LogP contribution in [0.15, 0.2) is 115 Å². The second-order valence-corrected chi connectivity index (χ2v) is 9.13. The van der Waals surface area contributed by atoms with Crippen molar-refractivity contribution in [1.82, 2.24) is 0 Å². The molecule has 6 aromatic rings. The molecule has 0 aliphatic heterocycles. The minimum Gasteiger partial charge on any atom is -0.211 e. The maximum absolute atomic E-state index is 13.9. The summed E-state index contributed by atoms with van der Waals surface area (Å²) in [7, 11) is 0. The second-order valence-electron chi connectivity index (χ2n) is 9.13. The van der Waals surface area contributed by atoms with E-state index in [0.29, 0.717) is 6.42 Å². The average molecular weight is 455 g/mol. The highest BCUT2D eigenvalue weighted by Gasteiger charge is 2.17. The quantitative estimate of drug-likeness (QED) is 0.180. The van der Waals surface area contributed by atoms with E-state index in [4.69, 9.17) is 0 Å². The minimum atomic E-state index is -0.232. The Bertz CT molecular complexity index is 1850. The molecule has 7 rings (SSSR count). The van der Waals surface area contributed by atoms with Gasteiger partial charge in [-0.3, -0.25) is 0 Å². The first-order valence-electron chi connectivity index (χ1n) is 11.8. The number of benzene rings is 6. The molecule has 0 nitrogen and oxygen atoms in total. The molecule has 0 aromatic heterocycles. The van der Waals surface area contributed by atoms with Crippen molar-refractivity contribution >= 4 is 48.7 Å². The predicted molar refractivity (Wildman–Crippen MR) is 144 cm³/mol. The number of fused-ring (bicyclic) bond motifs is 2. The standard InChI is InChI=1S/C33H20F2/c34-22-5-1-4-20(10-13-22)24-16-18-30-29-9-3-7-27-25(21-11-14-23(35)15-12-21)17-19-31(33(27)29)28-8-2-6-26(24)32(28)30/h1-4,6-19H,5H2. The molecule has 0 saturated carbocycles. The molecule has 0 radical (unpaired) electrons. The van der Waals surface area contributed by atoms with Gasteiger partial charge in [-0.15, -0.1) is 0 Å². The van der Waals surface area contributed by atoms with Gasteiger partial charge in [-0.1, -0.05) is 91.0 Å². The lowest BCUT2D eigenvalue weighted by atomic mass is 9.85. The number of hydrogen-bond donors (Lipinski definition) is 0. The first-order valence-corrected chi connectivity index (χ1v) is 11.8. The Morgan fingerprint density at radius 3 is 1.77 bits per heavy atom. The lowest BCUT2D eigenvalue weighted by Gasteiger charge is -2.18. The third-order valence-corrected chi connectivity index (χ3v) is 7.18. The van der Waals surface area contributed by atoms with Crippen molar-refractivity contribution in [1.29, 1.82) is 0 Å². The summed E-state index contributed by atoms with van der Waals surface area (Å²) < 4.78 is 27.4. The Morgan fingerprint density at radius 2 is 1.09 bits per heavy atom. The summed E-state index contributed by atoms with van der Waals surface area (Å²) in [6, 6.07) is 28.3. The Balaban J connectivity index is 1.59. The molecule has 0 spiro atoms. The number of halogens is 2. The van der Waals surface area contributed by atoms with E-state index in [1.54, 1.807) is 6.08 Å². The number of rotatable bonds is 2. The summed E-state index contributed by atoms with van der Waals surface area (Å²) in [5.41, 5.74) is 4.21. The van der Waals surface area contributed by atoms with Crippen LogP contribution in [0.1, 0.15) is 12.0 Å². The molecule has 6 aromatic carbocycles. The van der Waals surface area contributed by atoms with Crippen LogP contribution in [0.5, 0.6) is 0 Å². The Hall–Kier alpha value is -4.30. The van der Waals surface area contributed by atoms with E-state index in [1.807, 2.05) is 30.4 Å². The van der Waals surface area contributed by atoms with Crippen LogP contribution in [0.2, 0.25) is 0 Å². The zero-order chi connectivity index (χ0) is 23.5. The van der Waals surface area contributed by atoms with Crippen LogP contribution in [0.4, 0.5) is 8.78 Å². The molecule has 0 fully saturated rings. The molecule has 0 N–H and O–H groups in total. The van der Waals surface area contributed by atoms with Gasteiger partial charge in [0.2, 0.25) is 0 Å². The molecule has 35 heavy (non-hydrogen) atoms. The molecule has 1 aliphatic carbocycles. The van der Waals surface area contributed by atoms with E-state index in [2.05, 4.69) is 60.7 Å². The summed E-state index contributed by atoms with van der Waals surface area (Å²) in [5, 5.41) is 9.58. The Kier molecular flexibility index (Phi) is 4.37. The Labute approximate surface area is 201 Å². The third kappa shape index (κ3) is 3.03. The smallest absolute Gasteiger partial charge is 0.123 e. The molecular weight excluding hydrogens is 434 g/mol. The highest BCUT2D eigenvalue weighted by molar-refractivity contribution is 6.34. The van der Waals surface area contributed by atoms with E-state index < -0.39 is 0 Å². The van der Waals surface area contributed by atoms with Gasteiger partial charge in [0.25, 0.3) is 0 Å². The van der Waals surface area contributed by atoms with Gasteiger partial charge in [0, 0.05) is 6.42 Å². The number of hydrogen-bond acceptors (Lipinski definition) is 0. The first-order chi connectivity index (χ1) is 17.2. The number of allylic oxidation sites excluding steroid dienone is 6. The predicted octanol–water partition coefficient (Wildman–Crippen LogP) is 9.74. The van der Waals surface area contributed by atoms with Crippen LogP contribution in [-0.2, 0) is 0 Å². The normalized spacial score (nSPS) is 14.1. The van der Waals surface area contributed by atoms with Crippen LogP contribution in [0, 0.1) is 5.82 Å². The van der Waals surface area contributed by atoms with E-state index in [0.717, 1.165) is 33.0 Å². The molecule has 0 atom stereocenters. The minimum absolute atomic E-state index is 0.128. The fourth-order valence-electron chi connectivity index (χ4n) is 5.63. The van der Waals surface area contributed by atoms with Gasteiger partial charge in [-0.25, -0.2) is 8.78 Å². The highest BCUT2D eigenvalue weighted by atomic mass is 19.1. The zero-order valence-electron chi connectivity index (χ0n) is 18.9. The summed E-state index contributed by atoms with van der Waals surface area (Å²) in [5.74, 6) is -0.360. The van der Waals surface area contributed by atoms with Crippen molar-refractivity contribution in [3.8, 4) is 11.1 Å². The van der Waals surface area contributed by atoms with Crippen LogP contribution in [0.3, 0.4) is 0 Å². The first kappa shape index (κ1) is 20.1. The molecule has 0 heterocycles. The van der Waals surface area contributed by atoms with Crippen LogP contribution in [-0.4, -0.2) is 0 Å². The summed E-state index contributed by atoms with van der Waals surface area (Å²) in [6.07, 6.45) is 7.66. The highest BCUT2D eigenvalue weighted by Crippen LogP contribution is 2.44. The molecule has 1 aliphatic rings. The summed E-state index contributed by atoms with van der Waals surface area (Å²) >= 11 is 0. The topological polar surface area (TPSA) is 0 Å². The molecule has 0 unspecified atom stereocenters. The van der Waals surface area contributed by atoms with Crippen LogP contribution in [0.25, 0.3) is 59.8 Å². The molecule has 2 heteroatoms. The van der Waals surface area contributed by atoms with E-state index in [1.165, 1.54) is 44.5 Å². The van der Waals surface area contributed by atoms with Crippen molar-refractivity contribution in [3.63, 3.8) is 0 Å². The maximum Gasteiger partial charge on any atom is 0.123 e. The monoisotopic (exact) mass is 454 g/mol. The molecule has 0 amide bonds. The van der Waals surface area contributed by atoms with Gasteiger partial charge < -0.3 is 0 Å². The molecule has 0 bridgehead atoms. The van der Waals surface area contributed by atoms with E-state index in [-0.39, 0.29) is 11.6 Å². The summed E-state index contributed by atoms with van der Waals surface area (Å²) in [6.45, 7) is 0. The average Bonchev–Trinajstić information content (AvgIpc) is 3.11. The van der Waals surface area contributed by atoms with Crippen LogP contribution < -0.4 is 0 Å². The molecule has 0 saturated heterocycles. The zero-order valence-corrected chi connectivity index (χ0v) is 18.9. The van der Waals surface area contributed by atoms with E-state index in [9.17, 15) is 8.78 Å². The largest absolute Gasteiger partial charge is 0.211 e. The van der Waals surface area contributed by atoms with Gasteiger partial charge in [-0.2, -0.15) is 0 Å². The van der Waals surface area contributed by atoms with Crippen molar-refractivity contribution in [2.24, 2.45) is 0 Å². The van der Waals surface area contributed by atoms with Gasteiger partial charge in [0.05, 0.1) is 0 Å². The van der Waals surface area contributed by atoms with E-state index >= 15 is 0 Å². The fraction of sp³-hybridized carbons (Fsp3) is 0.0303. The van der Waals surface area contributed by atoms with Gasteiger partial charge in [0.15, 0.2) is 0 Å². The van der Waals surface area contributed by atoms with Gasteiger partial charge in [0.1, 0.15) is 11.6 Å². The SMILES string of the molecule is FC1=CC=C(c2ccc3c4cccc5c(-c6ccc(F)cc6)ccc(c6cccc2c36)c54)C=CC1. The molecule has 166 valence electrons. The molecular formula is C33H20F2. The lowest BCUT2D eigenvalue weighted by molar-refractivity contribution is 0.618. The van der Waals surface area contributed by atoms with Crippen LogP contribution >= 0.6 is 0 Å². The Morgan fingerprint density at radius 1 is 0.514 bits per heavy atom. The van der Waals surface area contributed by atoms with Crippen molar-refractivity contribution in [2.75, 3.05) is 0 Å². The third-order valence-electron chi connectivity index (χ3n) is 7.18. The van der Waals surface area contributed by atoms with Crippen molar-refractivity contribution in [3.05, 3.63) is 126 Å². The van der Waals surface area contributed by atoms with Gasteiger partial charge >= 0.3 is 0 Å². The summed E-state index contributed by atoms with van der Waals surface area (Å²) in [4.78, 5) is 0. The fourth-order valence-corrected chi connectivity index (χ4v) is 5.63. The lowest BCUT2D eigenvalue weighted by Crippen LogP contribution is -1.91. The maximum atomic E-state index is 13.9. The van der Waals surface area contributed by atoms with Crippen molar-refractivity contribution in [2.45, 2.75) is 6.42 Å². The van der Waals surface area contributed by atoms with Gasteiger partial charge in [-0.05, 0) is 83.6 Å². The van der Waals surface area contributed by atoms with Crippen molar-refractivity contribution < 1.29 is 8.78 Å².